The van der Waals surface area contributed by atoms with Gasteiger partial charge in [-0.15, -0.1) is 0 Å². The second-order valence-electron chi connectivity index (χ2n) is 4.92. The molecule has 0 atom stereocenters. The van der Waals surface area contributed by atoms with Crippen molar-refractivity contribution in [1.82, 2.24) is 0 Å². The van der Waals surface area contributed by atoms with E-state index >= 15 is 0 Å². The number of rotatable bonds is 7. The maximum atomic E-state index is 11.1. The molecule has 0 aliphatic carbocycles. The lowest BCUT2D eigenvalue weighted by atomic mass is 9.77. The highest BCUT2D eigenvalue weighted by Crippen LogP contribution is 2.31. The molecule has 0 aliphatic rings. The van der Waals surface area contributed by atoms with Gasteiger partial charge in [-0.1, -0.05) is 56.3 Å². The van der Waals surface area contributed by atoms with Crippen molar-refractivity contribution >= 4 is 11.7 Å². The number of methoxy groups -OCH3 is 1. The van der Waals surface area contributed by atoms with Gasteiger partial charge >= 0.3 is 5.97 Å². The molecule has 0 heterocycles. The van der Waals surface area contributed by atoms with Crippen molar-refractivity contribution in [3.8, 4) is 0 Å². The number of benzene rings is 1. The summed E-state index contributed by atoms with van der Waals surface area (Å²) in [5.74, 6) is -0.434. The van der Waals surface area contributed by atoms with Crippen molar-refractivity contribution in [1.29, 1.82) is 0 Å². The molecule has 0 saturated heterocycles. The number of carbonyl (C=O) groups is 1. The van der Waals surface area contributed by atoms with Crippen LogP contribution in [-0.4, -0.2) is 25.4 Å². The molecular formula is C16H23NO3. The first kappa shape index (κ1) is 16.2. The zero-order valence-electron chi connectivity index (χ0n) is 12.7. The Morgan fingerprint density at radius 3 is 2.30 bits per heavy atom. The van der Waals surface area contributed by atoms with Gasteiger partial charge in [-0.05, 0) is 18.4 Å². The number of nitrogens with zero attached hydrogens (tertiary/aromatic N) is 1. The molecule has 0 N–H and O–H groups in total. The molecule has 0 spiro atoms. The molecule has 0 unspecified atom stereocenters. The van der Waals surface area contributed by atoms with Gasteiger partial charge in [-0.3, -0.25) is 0 Å². The van der Waals surface area contributed by atoms with E-state index in [0.29, 0.717) is 0 Å². The highest BCUT2D eigenvalue weighted by molar-refractivity contribution is 6.04. The Labute approximate surface area is 120 Å². The standard InChI is InChI=1S/C16H23NO3/c1-5-16(3,6-2)15(13-10-8-7-9-11-13)17-20-12-14(18)19-4/h7-11H,5-6,12H2,1-4H3/b17-15+. The fourth-order valence-electron chi connectivity index (χ4n) is 1.90. The first-order valence-electron chi connectivity index (χ1n) is 6.90. The van der Waals surface area contributed by atoms with E-state index in [9.17, 15) is 4.79 Å². The van der Waals surface area contributed by atoms with Gasteiger partial charge in [-0.25, -0.2) is 4.79 Å². The number of esters is 1. The van der Waals surface area contributed by atoms with Crippen LogP contribution in [0, 0.1) is 5.41 Å². The molecule has 1 rings (SSSR count). The Hall–Kier alpha value is -1.84. The summed E-state index contributed by atoms with van der Waals surface area (Å²) >= 11 is 0. The lowest BCUT2D eigenvalue weighted by Crippen LogP contribution is -2.28. The molecule has 1 aromatic carbocycles. The summed E-state index contributed by atoms with van der Waals surface area (Å²) in [6, 6.07) is 9.91. The lowest BCUT2D eigenvalue weighted by molar-refractivity contribution is -0.145. The zero-order chi connectivity index (χ0) is 15.0. The largest absolute Gasteiger partial charge is 0.466 e. The smallest absolute Gasteiger partial charge is 0.346 e. The van der Waals surface area contributed by atoms with Gasteiger partial charge in [0.25, 0.3) is 0 Å². The van der Waals surface area contributed by atoms with Crippen molar-refractivity contribution in [2.45, 2.75) is 33.6 Å². The van der Waals surface area contributed by atoms with Gasteiger partial charge < -0.3 is 9.57 Å². The van der Waals surface area contributed by atoms with Crippen LogP contribution in [-0.2, 0) is 14.4 Å². The highest BCUT2D eigenvalue weighted by atomic mass is 16.6. The topological polar surface area (TPSA) is 47.9 Å². The summed E-state index contributed by atoms with van der Waals surface area (Å²) in [4.78, 5) is 16.3. The number of ether oxygens (including phenoxy) is 1. The summed E-state index contributed by atoms with van der Waals surface area (Å²) in [5, 5.41) is 4.21. The summed E-state index contributed by atoms with van der Waals surface area (Å²) in [6.07, 6.45) is 1.89. The van der Waals surface area contributed by atoms with E-state index in [2.05, 4.69) is 30.7 Å². The number of hydrogen-bond donors (Lipinski definition) is 0. The predicted octanol–water partition coefficient (Wildman–Crippen LogP) is 3.41. The second-order valence-corrected chi connectivity index (χ2v) is 4.92. The third-order valence-electron chi connectivity index (χ3n) is 3.75. The van der Waals surface area contributed by atoms with Crippen molar-refractivity contribution < 1.29 is 14.4 Å². The summed E-state index contributed by atoms with van der Waals surface area (Å²) in [6.45, 7) is 6.24. The molecule has 4 nitrogen and oxygen atoms in total. The van der Waals surface area contributed by atoms with Crippen LogP contribution in [0.2, 0.25) is 0 Å². The maximum absolute atomic E-state index is 11.1. The molecule has 110 valence electrons. The first-order chi connectivity index (χ1) is 9.57. The van der Waals surface area contributed by atoms with Crippen LogP contribution >= 0.6 is 0 Å². The number of oxime groups is 1. The molecule has 1 aromatic rings. The van der Waals surface area contributed by atoms with Crippen molar-refractivity contribution in [2.24, 2.45) is 10.6 Å². The molecule has 20 heavy (non-hydrogen) atoms. The maximum Gasteiger partial charge on any atom is 0.346 e. The zero-order valence-corrected chi connectivity index (χ0v) is 12.7. The molecular weight excluding hydrogens is 254 g/mol. The van der Waals surface area contributed by atoms with E-state index < -0.39 is 5.97 Å². The molecule has 0 saturated carbocycles. The number of hydrogen-bond acceptors (Lipinski definition) is 4. The third-order valence-corrected chi connectivity index (χ3v) is 3.75. The Bertz CT molecular complexity index is 450. The van der Waals surface area contributed by atoms with E-state index in [0.717, 1.165) is 24.1 Å². The minimum Gasteiger partial charge on any atom is -0.466 e. The van der Waals surface area contributed by atoms with E-state index in [1.54, 1.807) is 0 Å². The normalized spacial score (nSPS) is 12.1. The summed E-state index contributed by atoms with van der Waals surface area (Å²) in [7, 11) is 1.33. The minimum atomic E-state index is -0.434. The van der Waals surface area contributed by atoms with Crippen LogP contribution in [0.5, 0.6) is 0 Å². The van der Waals surface area contributed by atoms with E-state index in [1.807, 2.05) is 30.3 Å². The van der Waals surface area contributed by atoms with Crippen molar-refractivity contribution in [2.75, 3.05) is 13.7 Å². The van der Waals surface area contributed by atoms with Crippen LogP contribution in [0.15, 0.2) is 35.5 Å². The molecule has 0 radical (unpaired) electrons. The SMILES string of the molecule is CCC(C)(CC)/C(=N/OCC(=O)OC)c1ccccc1. The lowest BCUT2D eigenvalue weighted by Gasteiger charge is -2.28. The van der Waals surface area contributed by atoms with Crippen molar-refractivity contribution in [3.05, 3.63) is 35.9 Å². The van der Waals surface area contributed by atoms with Gasteiger partial charge in [0.1, 0.15) is 0 Å². The average molecular weight is 277 g/mol. The third kappa shape index (κ3) is 4.08. The molecule has 0 aromatic heterocycles. The Morgan fingerprint density at radius 2 is 1.80 bits per heavy atom. The Morgan fingerprint density at radius 1 is 1.20 bits per heavy atom. The predicted molar refractivity (Wildman–Crippen MR) is 79.6 cm³/mol. The van der Waals surface area contributed by atoms with Gasteiger partial charge in [0.15, 0.2) is 0 Å². The first-order valence-corrected chi connectivity index (χ1v) is 6.90. The van der Waals surface area contributed by atoms with Gasteiger partial charge in [-0.2, -0.15) is 0 Å². The average Bonchev–Trinajstić information content (AvgIpc) is 2.51. The van der Waals surface area contributed by atoms with Crippen LogP contribution in [0.1, 0.15) is 39.2 Å². The Balaban J connectivity index is 3.02. The summed E-state index contributed by atoms with van der Waals surface area (Å²) < 4.78 is 4.54. The fourth-order valence-corrected chi connectivity index (χ4v) is 1.90. The van der Waals surface area contributed by atoms with Crippen molar-refractivity contribution in [3.63, 3.8) is 0 Å². The van der Waals surface area contributed by atoms with Crippen LogP contribution < -0.4 is 0 Å². The molecule has 4 heteroatoms. The Kier molecular flexibility index (Phi) is 6.22. The van der Waals surface area contributed by atoms with Gasteiger partial charge in [0, 0.05) is 5.41 Å². The second kappa shape index (κ2) is 7.68. The summed E-state index contributed by atoms with van der Waals surface area (Å²) in [5.41, 5.74) is 1.80. The molecule has 0 bridgehead atoms. The van der Waals surface area contributed by atoms with Gasteiger partial charge in [0.05, 0.1) is 12.8 Å². The molecule has 0 fully saturated rings. The highest BCUT2D eigenvalue weighted by Gasteiger charge is 2.28. The van der Waals surface area contributed by atoms with Crippen LogP contribution in [0.3, 0.4) is 0 Å². The molecule has 0 amide bonds. The quantitative estimate of drug-likeness (QED) is 0.436. The van der Waals surface area contributed by atoms with Gasteiger partial charge in [0.2, 0.25) is 6.61 Å². The van der Waals surface area contributed by atoms with Crippen LogP contribution in [0.4, 0.5) is 0 Å². The van der Waals surface area contributed by atoms with E-state index in [-0.39, 0.29) is 12.0 Å². The van der Waals surface area contributed by atoms with E-state index in [1.165, 1.54) is 7.11 Å². The van der Waals surface area contributed by atoms with Crippen LogP contribution in [0.25, 0.3) is 0 Å². The number of carbonyl (C=O) groups excluding carboxylic acids is 1. The molecule has 0 aliphatic heterocycles. The fraction of sp³-hybridized carbons (Fsp3) is 0.500. The minimum absolute atomic E-state index is 0.0858. The van der Waals surface area contributed by atoms with E-state index in [4.69, 9.17) is 4.84 Å². The monoisotopic (exact) mass is 277 g/mol.